The molecule has 1 aromatic carbocycles. The van der Waals surface area contributed by atoms with Gasteiger partial charge in [-0.3, -0.25) is 4.79 Å². The van der Waals surface area contributed by atoms with E-state index in [1.807, 2.05) is 18.2 Å². The fraction of sp³-hybridized carbons (Fsp3) is 0.125. The first-order chi connectivity index (χ1) is 10.9. The van der Waals surface area contributed by atoms with E-state index in [1.54, 1.807) is 16.8 Å². The van der Waals surface area contributed by atoms with E-state index in [0.29, 0.717) is 5.69 Å². The van der Waals surface area contributed by atoms with Crippen LogP contribution < -0.4 is 5.32 Å². The third kappa shape index (κ3) is 3.18. The Bertz CT molecular complexity index is 822. The van der Waals surface area contributed by atoms with Crippen molar-refractivity contribution in [2.24, 2.45) is 0 Å². The number of nitrogens with one attached hydrogen (secondary N) is 1. The number of rotatable bonds is 3. The van der Waals surface area contributed by atoms with Crippen LogP contribution in [0.2, 0.25) is 0 Å². The molecule has 2 heterocycles. The highest BCUT2D eigenvalue weighted by molar-refractivity contribution is 5.95. The fourth-order valence-corrected chi connectivity index (χ4v) is 2.27. The van der Waals surface area contributed by atoms with Gasteiger partial charge in [0, 0.05) is 6.20 Å². The average Bonchev–Trinajstić information content (AvgIpc) is 2.94. The molecule has 7 heteroatoms. The van der Waals surface area contributed by atoms with Crippen molar-refractivity contribution >= 4 is 11.4 Å². The number of nitrogens with zero attached hydrogens (tertiary/aromatic N) is 2. The molecular formula is C16H12F3N3O. The summed E-state index contributed by atoms with van der Waals surface area (Å²) in [6.07, 6.45) is -2.82. The first-order valence-electron chi connectivity index (χ1n) is 6.83. The van der Waals surface area contributed by atoms with Crippen LogP contribution in [-0.2, 0) is 12.7 Å². The van der Waals surface area contributed by atoms with Crippen molar-refractivity contribution in [2.45, 2.75) is 12.7 Å². The maximum absolute atomic E-state index is 12.9. The van der Waals surface area contributed by atoms with Crippen LogP contribution in [0, 0.1) is 0 Å². The van der Waals surface area contributed by atoms with E-state index in [9.17, 15) is 18.0 Å². The fourth-order valence-electron chi connectivity index (χ4n) is 2.27. The molecule has 0 atom stereocenters. The molecule has 0 saturated carbocycles. The summed E-state index contributed by atoms with van der Waals surface area (Å²) in [7, 11) is 0. The number of hydrogen-bond donors (Lipinski definition) is 1. The molecule has 2 aromatic heterocycles. The number of benzene rings is 1. The molecule has 0 aliphatic heterocycles. The SMILES string of the molecule is O=C(NCc1cc2ccccn2n1)c1ccccc1C(F)(F)F. The van der Waals surface area contributed by atoms with Gasteiger partial charge in [-0.1, -0.05) is 18.2 Å². The Hall–Kier alpha value is -2.83. The average molecular weight is 319 g/mol. The van der Waals surface area contributed by atoms with E-state index in [0.717, 1.165) is 17.6 Å². The van der Waals surface area contributed by atoms with E-state index >= 15 is 0 Å². The topological polar surface area (TPSA) is 46.4 Å². The van der Waals surface area contributed by atoms with Crippen LogP contribution in [0.15, 0.2) is 54.7 Å². The van der Waals surface area contributed by atoms with Crippen LogP contribution in [-0.4, -0.2) is 15.5 Å². The van der Waals surface area contributed by atoms with Gasteiger partial charge in [-0.05, 0) is 30.3 Å². The standard InChI is InChI=1S/C16H12F3N3O/c17-16(18,19)14-7-2-1-6-13(14)15(23)20-10-11-9-12-5-3-4-8-22(12)21-11/h1-9H,10H2,(H,20,23). The number of halogens is 3. The lowest BCUT2D eigenvalue weighted by atomic mass is 10.1. The summed E-state index contributed by atoms with van der Waals surface area (Å²) in [4.78, 5) is 12.1. The molecule has 0 saturated heterocycles. The van der Waals surface area contributed by atoms with Crippen LogP contribution in [0.25, 0.3) is 5.52 Å². The van der Waals surface area contributed by atoms with Crippen molar-refractivity contribution in [3.05, 3.63) is 71.5 Å². The van der Waals surface area contributed by atoms with Gasteiger partial charge < -0.3 is 5.32 Å². The summed E-state index contributed by atoms with van der Waals surface area (Å²) in [6, 6.07) is 12.0. The van der Waals surface area contributed by atoms with Gasteiger partial charge in [-0.2, -0.15) is 18.3 Å². The normalized spacial score (nSPS) is 11.6. The number of aromatic nitrogens is 2. The molecule has 0 radical (unpaired) electrons. The maximum Gasteiger partial charge on any atom is 0.417 e. The van der Waals surface area contributed by atoms with Crippen molar-refractivity contribution in [1.29, 1.82) is 0 Å². The molecule has 0 unspecified atom stereocenters. The molecule has 0 spiro atoms. The predicted octanol–water partition coefficient (Wildman–Crippen LogP) is 3.28. The number of carbonyl (C=O) groups is 1. The van der Waals surface area contributed by atoms with Gasteiger partial charge in [0.15, 0.2) is 0 Å². The lowest BCUT2D eigenvalue weighted by Crippen LogP contribution is -2.26. The lowest BCUT2D eigenvalue weighted by molar-refractivity contribution is -0.137. The molecule has 1 amide bonds. The number of amides is 1. The van der Waals surface area contributed by atoms with Gasteiger partial charge in [0.1, 0.15) is 0 Å². The van der Waals surface area contributed by atoms with Crippen LogP contribution >= 0.6 is 0 Å². The second kappa shape index (κ2) is 5.75. The van der Waals surface area contributed by atoms with Crippen LogP contribution in [0.5, 0.6) is 0 Å². The largest absolute Gasteiger partial charge is 0.417 e. The first kappa shape index (κ1) is 15.1. The molecule has 23 heavy (non-hydrogen) atoms. The van der Waals surface area contributed by atoms with Crippen molar-refractivity contribution in [3.8, 4) is 0 Å². The number of pyridine rings is 1. The Labute approximate surface area is 129 Å². The van der Waals surface area contributed by atoms with E-state index in [4.69, 9.17) is 0 Å². The number of fused-ring (bicyclic) bond motifs is 1. The highest BCUT2D eigenvalue weighted by Gasteiger charge is 2.34. The highest BCUT2D eigenvalue weighted by Crippen LogP contribution is 2.31. The summed E-state index contributed by atoms with van der Waals surface area (Å²) in [5, 5.41) is 6.70. The minimum absolute atomic E-state index is 0.0483. The summed E-state index contributed by atoms with van der Waals surface area (Å²) in [5.74, 6) is -0.782. The van der Waals surface area contributed by atoms with E-state index < -0.39 is 23.2 Å². The molecule has 1 N–H and O–H groups in total. The Balaban J connectivity index is 1.77. The Kier molecular flexibility index (Phi) is 3.77. The Morgan fingerprint density at radius 2 is 1.87 bits per heavy atom. The molecule has 3 rings (SSSR count). The minimum atomic E-state index is -4.57. The molecule has 0 bridgehead atoms. The Morgan fingerprint density at radius 3 is 2.61 bits per heavy atom. The molecule has 118 valence electrons. The highest BCUT2D eigenvalue weighted by atomic mass is 19.4. The third-order valence-corrected chi connectivity index (χ3v) is 3.33. The van der Waals surface area contributed by atoms with Gasteiger partial charge in [-0.25, -0.2) is 4.52 Å². The second-order valence-corrected chi connectivity index (χ2v) is 4.93. The molecule has 0 fully saturated rings. The zero-order valence-electron chi connectivity index (χ0n) is 11.8. The van der Waals surface area contributed by atoms with Gasteiger partial charge >= 0.3 is 6.18 Å². The third-order valence-electron chi connectivity index (χ3n) is 3.33. The van der Waals surface area contributed by atoms with Gasteiger partial charge in [-0.15, -0.1) is 0 Å². The molecule has 0 aliphatic carbocycles. The monoisotopic (exact) mass is 319 g/mol. The molecular weight excluding hydrogens is 307 g/mol. The summed E-state index contributed by atoms with van der Waals surface area (Å²) in [6.45, 7) is 0.0483. The molecule has 3 aromatic rings. The summed E-state index contributed by atoms with van der Waals surface area (Å²) < 4.78 is 40.4. The first-order valence-corrected chi connectivity index (χ1v) is 6.83. The van der Waals surface area contributed by atoms with Crippen molar-refractivity contribution in [1.82, 2.24) is 14.9 Å². The zero-order valence-corrected chi connectivity index (χ0v) is 11.8. The summed E-state index contributed by atoms with van der Waals surface area (Å²) in [5.41, 5.74) is 0.0535. The predicted molar refractivity (Wildman–Crippen MR) is 77.8 cm³/mol. The molecule has 0 aliphatic rings. The van der Waals surface area contributed by atoms with E-state index in [-0.39, 0.29) is 6.54 Å². The number of carbonyl (C=O) groups excluding carboxylic acids is 1. The minimum Gasteiger partial charge on any atom is -0.346 e. The smallest absolute Gasteiger partial charge is 0.346 e. The van der Waals surface area contributed by atoms with Gasteiger partial charge in [0.05, 0.1) is 28.9 Å². The number of hydrogen-bond acceptors (Lipinski definition) is 2. The van der Waals surface area contributed by atoms with Crippen molar-refractivity contribution in [3.63, 3.8) is 0 Å². The van der Waals surface area contributed by atoms with Gasteiger partial charge in [0.2, 0.25) is 0 Å². The van der Waals surface area contributed by atoms with Crippen LogP contribution in [0.3, 0.4) is 0 Å². The molecule has 4 nitrogen and oxygen atoms in total. The van der Waals surface area contributed by atoms with Gasteiger partial charge in [0.25, 0.3) is 5.91 Å². The Morgan fingerprint density at radius 1 is 1.13 bits per heavy atom. The number of alkyl halides is 3. The zero-order chi connectivity index (χ0) is 16.4. The van der Waals surface area contributed by atoms with Crippen LogP contribution in [0.4, 0.5) is 13.2 Å². The summed E-state index contributed by atoms with van der Waals surface area (Å²) >= 11 is 0. The second-order valence-electron chi connectivity index (χ2n) is 4.93. The van der Waals surface area contributed by atoms with E-state index in [1.165, 1.54) is 12.1 Å². The van der Waals surface area contributed by atoms with E-state index in [2.05, 4.69) is 10.4 Å². The quantitative estimate of drug-likeness (QED) is 0.805. The van der Waals surface area contributed by atoms with Crippen molar-refractivity contribution < 1.29 is 18.0 Å². The van der Waals surface area contributed by atoms with Crippen molar-refractivity contribution in [2.75, 3.05) is 0 Å². The lowest BCUT2D eigenvalue weighted by Gasteiger charge is -2.12. The van der Waals surface area contributed by atoms with Crippen LogP contribution in [0.1, 0.15) is 21.6 Å². The maximum atomic E-state index is 12.9.